The highest BCUT2D eigenvalue weighted by molar-refractivity contribution is 8.26. The molecule has 3 rings (SSSR count). The van der Waals surface area contributed by atoms with Crippen molar-refractivity contribution in [2.75, 3.05) is 26.1 Å². The Morgan fingerprint density at radius 1 is 1.13 bits per heavy atom. The van der Waals surface area contributed by atoms with Gasteiger partial charge in [-0.3, -0.25) is 14.5 Å². The fourth-order valence-electron chi connectivity index (χ4n) is 2.70. The maximum Gasteiger partial charge on any atom is 0.266 e. The van der Waals surface area contributed by atoms with Crippen molar-refractivity contribution in [3.8, 4) is 11.5 Å². The molecule has 1 aliphatic heterocycles. The topological polar surface area (TPSA) is 67.9 Å². The first-order chi connectivity index (χ1) is 14.3. The van der Waals surface area contributed by atoms with E-state index in [-0.39, 0.29) is 12.5 Å². The molecule has 1 N–H and O–H groups in total. The highest BCUT2D eigenvalue weighted by Gasteiger charge is 2.33. The maximum atomic E-state index is 12.8. The lowest BCUT2D eigenvalue weighted by molar-refractivity contribution is -0.126. The zero-order valence-corrected chi connectivity index (χ0v) is 19.0. The van der Waals surface area contributed by atoms with Gasteiger partial charge in [-0.05, 0) is 42.0 Å². The van der Waals surface area contributed by atoms with Gasteiger partial charge in [0.05, 0.1) is 19.1 Å². The Morgan fingerprint density at radius 3 is 2.43 bits per heavy atom. The summed E-state index contributed by atoms with van der Waals surface area (Å²) in [6.45, 7) is -0.224. The smallest absolute Gasteiger partial charge is 0.266 e. The molecule has 2 aromatic rings. The molecule has 0 bridgehead atoms. The third-order valence-corrected chi connectivity index (χ3v) is 5.84. The van der Waals surface area contributed by atoms with E-state index in [1.165, 1.54) is 12.0 Å². The Bertz CT molecular complexity index is 1040. The summed E-state index contributed by atoms with van der Waals surface area (Å²) < 4.78 is 10.8. The number of hydrogen-bond acceptors (Lipinski definition) is 6. The number of nitrogens with one attached hydrogen (secondary N) is 1. The molecule has 0 aromatic heterocycles. The zero-order chi connectivity index (χ0) is 21.8. The van der Waals surface area contributed by atoms with Crippen molar-refractivity contribution in [2.45, 2.75) is 0 Å². The summed E-state index contributed by atoms with van der Waals surface area (Å²) in [6, 6.07) is 9.97. The SMILES string of the molecule is COc1ccc(C=C2SC(=S)N(CC(=O)Nc3cc(Cl)cc(Cl)c3)C2=O)cc1OC. The number of amides is 2. The van der Waals surface area contributed by atoms with Crippen molar-refractivity contribution >= 4 is 75.1 Å². The number of anilines is 1. The molecule has 0 spiro atoms. The van der Waals surface area contributed by atoms with Gasteiger partial charge in [0.2, 0.25) is 5.91 Å². The van der Waals surface area contributed by atoms with Crippen LogP contribution in [-0.4, -0.2) is 41.8 Å². The highest BCUT2D eigenvalue weighted by atomic mass is 35.5. The first kappa shape index (κ1) is 22.4. The van der Waals surface area contributed by atoms with E-state index < -0.39 is 5.91 Å². The van der Waals surface area contributed by atoms with E-state index in [2.05, 4.69) is 5.32 Å². The maximum absolute atomic E-state index is 12.8. The normalized spacial score (nSPS) is 14.9. The lowest BCUT2D eigenvalue weighted by Crippen LogP contribution is -2.36. The molecular weight excluding hydrogens is 467 g/mol. The number of thioether (sulfide) groups is 1. The minimum absolute atomic E-state index is 0.224. The first-order valence-corrected chi connectivity index (χ1v) is 10.5. The van der Waals surface area contributed by atoms with Crippen molar-refractivity contribution in [3.63, 3.8) is 0 Å². The second-order valence-electron chi connectivity index (χ2n) is 6.09. The lowest BCUT2D eigenvalue weighted by atomic mass is 10.2. The monoisotopic (exact) mass is 482 g/mol. The molecule has 1 aliphatic rings. The van der Waals surface area contributed by atoms with E-state index in [1.54, 1.807) is 49.6 Å². The van der Waals surface area contributed by atoms with Crippen LogP contribution >= 0.6 is 47.2 Å². The van der Waals surface area contributed by atoms with E-state index in [4.69, 9.17) is 44.9 Å². The van der Waals surface area contributed by atoms with Gasteiger partial charge < -0.3 is 14.8 Å². The molecule has 1 heterocycles. The first-order valence-electron chi connectivity index (χ1n) is 8.54. The van der Waals surface area contributed by atoms with Gasteiger partial charge in [-0.25, -0.2) is 0 Å². The van der Waals surface area contributed by atoms with E-state index in [0.717, 1.165) is 17.3 Å². The average Bonchev–Trinajstić information content (AvgIpc) is 2.94. The average molecular weight is 483 g/mol. The van der Waals surface area contributed by atoms with Crippen molar-refractivity contribution < 1.29 is 19.1 Å². The molecule has 1 saturated heterocycles. The summed E-state index contributed by atoms with van der Waals surface area (Å²) in [6.07, 6.45) is 1.69. The largest absolute Gasteiger partial charge is 0.493 e. The fraction of sp³-hybridized carbons (Fsp3) is 0.150. The number of methoxy groups -OCH3 is 2. The van der Waals surface area contributed by atoms with E-state index in [0.29, 0.717) is 36.5 Å². The molecule has 0 saturated carbocycles. The summed E-state index contributed by atoms with van der Waals surface area (Å²) in [5.74, 6) is 0.359. The quantitative estimate of drug-likeness (QED) is 0.468. The van der Waals surface area contributed by atoms with Gasteiger partial charge in [0, 0.05) is 15.7 Å². The molecule has 0 atom stereocenters. The molecule has 30 heavy (non-hydrogen) atoms. The van der Waals surface area contributed by atoms with Crippen LogP contribution in [0.25, 0.3) is 6.08 Å². The number of hydrogen-bond donors (Lipinski definition) is 1. The zero-order valence-electron chi connectivity index (χ0n) is 15.9. The third kappa shape index (κ3) is 5.26. The number of thiocarbonyl (C=S) groups is 1. The standard InChI is InChI=1S/C20H16Cl2N2O4S2/c1-27-15-4-3-11(5-16(15)28-2)6-17-19(26)24(20(29)30-17)10-18(25)23-14-8-12(21)7-13(22)9-14/h3-9H,10H2,1-2H3,(H,23,25). The number of halogens is 2. The number of rotatable bonds is 6. The van der Waals surface area contributed by atoms with Crippen LogP contribution in [-0.2, 0) is 9.59 Å². The molecule has 0 radical (unpaired) electrons. The Kier molecular flexibility index (Phi) is 7.25. The molecule has 2 aromatic carbocycles. The van der Waals surface area contributed by atoms with E-state index in [9.17, 15) is 9.59 Å². The molecule has 1 fully saturated rings. The second-order valence-corrected chi connectivity index (χ2v) is 8.64. The predicted octanol–water partition coefficient (Wildman–Crippen LogP) is 4.85. The fourth-order valence-corrected chi connectivity index (χ4v) is 4.48. The Labute approximate surface area is 193 Å². The predicted molar refractivity (Wildman–Crippen MR) is 125 cm³/mol. The minimum Gasteiger partial charge on any atom is -0.493 e. The number of carbonyl (C=O) groups is 2. The van der Waals surface area contributed by atoms with E-state index >= 15 is 0 Å². The number of carbonyl (C=O) groups excluding carboxylic acids is 2. The third-order valence-electron chi connectivity index (χ3n) is 4.03. The molecule has 0 unspecified atom stereocenters. The number of nitrogens with zero attached hydrogens (tertiary/aromatic N) is 1. The minimum atomic E-state index is -0.419. The molecule has 10 heteroatoms. The van der Waals surface area contributed by atoms with Crippen LogP contribution in [0.4, 0.5) is 5.69 Å². The van der Waals surface area contributed by atoms with Crippen molar-refractivity contribution in [1.82, 2.24) is 4.90 Å². The van der Waals surface area contributed by atoms with Gasteiger partial charge in [0.25, 0.3) is 5.91 Å². The lowest BCUT2D eigenvalue weighted by Gasteiger charge is -2.14. The van der Waals surface area contributed by atoms with Gasteiger partial charge in [-0.1, -0.05) is 53.2 Å². The number of ether oxygens (including phenoxy) is 2. The van der Waals surface area contributed by atoms with Crippen LogP contribution in [0.2, 0.25) is 10.0 Å². The van der Waals surface area contributed by atoms with Crippen LogP contribution in [0.5, 0.6) is 11.5 Å². The highest BCUT2D eigenvalue weighted by Crippen LogP contribution is 2.34. The Morgan fingerprint density at radius 2 is 1.80 bits per heavy atom. The van der Waals surface area contributed by atoms with Crippen molar-refractivity contribution in [2.24, 2.45) is 0 Å². The van der Waals surface area contributed by atoms with Crippen molar-refractivity contribution in [1.29, 1.82) is 0 Å². The summed E-state index contributed by atoms with van der Waals surface area (Å²) in [5.41, 5.74) is 1.18. The van der Waals surface area contributed by atoms with Crippen LogP contribution in [0, 0.1) is 0 Å². The van der Waals surface area contributed by atoms with Gasteiger partial charge in [-0.15, -0.1) is 0 Å². The Hall–Kier alpha value is -2.26. The van der Waals surface area contributed by atoms with Gasteiger partial charge in [0.1, 0.15) is 10.9 Å². The summed E-state index contributed by atoms with van der Waals surface area (Å²) in [7, 11) is 3.08. The van der Waals surface area contributed by atoms with E-state index in [1.807, 2.05) is 0 Å². The van der Waals surface area contributed by atoms with Gasteiger partial charge in [0.15, 0.2) is 11.5 Å². The molecular formula is C20H16Cl2N2O4S2. The van der Waals surface area contributed by atoms with Gasteiger partial charge >= 0.3 is 0 Å². The van der Waals surface area contributed by atoms with Gasteiger partial charge in [-0.2, -0.15) is 0 Å². The summed E-state index contributed by atoms with van der Waals surface area (Å²) in [4.78, 5) is 26.8. The van der Waals surface area contributed by atoms with Crippen LogP contribution < -0.4 is 14.8 Å². The summed E-state index contributed by atoms with van der Waals surface area (Å²) in [5, 5.41) is 3.44. The summed E-state index contributed by atoms with van der Waals surface area (Å²) >= 11 is 18.3. The molecule has 2 amide bonds. The van der Waals surface area contributed by atoms with Crippen LogP contribution in [0.3, 0.4) is 0 Å². The number of benzene rings is 2. The molecule has 156 valence electrons. The Balaban J connectivity index is 1.73. The second kappa shape index (κ2) is 9.70. The van der Waals surface area contributed by atoms with Crippen molar-refractivity contribution in [3.05, 3.63) is 56.9 Å². The molecule has 6 nitrogen and oxygen atoms in total. The van der Waals surface area contributed by atoms with Crippen LogP contribution in [0.15, 0.2) is 41.3 Å². The van der Waals surface area contributed by atoms with Crippen LogP contribution in [0.1, 0.15) is 5.56 Å². The molecule has 0 aliphatic carbocycles.